The summed E-state index contributed by atoms with van der Waals surface area (Å²) in [7, 11) is 0. The van der Waals surface area contributed by atoms with Crippen LogP contribution in [-0.4, -0.2) is 30.6 Å². The Morgan fingerprint density at radius 3 is 0.909 bits per heavy atom. The van der Waals surface area contributed by atoms with Crippen LogP contribution in [0.15, 0.2) is 24.3 Å². The maximum atomic E-state index is 9.87. The molecule has 0 atom stereocenters. The first-order chi connectivity index (χ1) is 10.5. The van der Waals surface area contributed by atoms with E-state index in [1.54, 1.807) is 24.3 Å². The lowest BCUT2D eigenvalue weighted by Crippen LogP contribution is -1.96. The summed E-state index contributed by atoms with van der Waals surface area (Å²) in [5.74, 6) is -0.338. The van der Waals surface area contributed by atoms with Gasteiger partial charge in [0.05, 0.1) is 26.4 Å². The van der Waals surface area contributed by atoms with E-state index in [4.69, 9.17) is 0 Å². The highest BCUT2D eigenvalue weighted by atomic mass is 16.3. The average molecular weight is 306 g/mol. The standard InChI is InChI=1S/C16H18O6/c17-5-11-1-9(2-12(6-18)15(11)21)10-3-13(7-19)16(22)14(4-10)8-20/h1-4,17-22H,5-8H2. The van der Waals surface area contributed by atoms with E-state index in [9.17, 15) is 30.6 Å². The molecule has 0 bridgehead atoms. The molecule has 0 amide bonds. The number of phenols is 2. The first-order valence-corrected chi connectivity index (χ1v) is 6.69. The van der Waals surface area contributed by atoms with Crippen LogP contribution in [0.25, 0.3) is 11.1 Å². The fourth-order valence-electron chi connectivity index (χ4n) is 2.34. The minimum absolute atomic E-state index is 0.169. The number of aliphatic hydroxyl groups is 4. The number of aromatic hydroxyl groups is 2. The summed E-state index contributed by atoms with van der Waals surface area (Å²) in [5.41, 5.74) is 2.18. The van der Waals surface area contributed by atoms with Gasteiger partial charge in [0.1, 0.15) is 11.5 Å². The molecule has 2 aromatic carbocycles. The van der Waals surface area contributed by atoms with Gasteiger partial charge in [-0.05, 0) is 35.4 Å². The van der Waals surface area contributed by atoms with Crippen molar-refractivity contribution in [3.05, 3.63) is 46.5 Å². The van der Waals surface area contributed by atoms with Gasteiger partial charge in [-0.15, -0.1) is 0 Å². The van der Waals surface area contributed by atoms with E-state index in [1.807, 2.05) is 0 Å². The summed E-state index contributed by atoms with van der Waals surface area (Å²) in [4.78, 5) is 0. The zero-order valence-electron chi connectivity index (χ0n) is 11.8. The van der Waals surface area contributed by atoms with Crippen molar-refractivity contribution >= 4 is 0 Å². The predicted octanol–water partition coefficient (Wildman–Crippen LogP) is 0.734. The molecule has 22 heavy (non-hydrogen) atoms. The second-order valence-corrected chi connectivity index (χ2v) is 4.92. The van der Waals surface area contributed by atoms with Crippen LogP contribution >= 0.6 is 0 Å². The summed E-state index contributed by atoms with van der Waals surface area (Å²) >= 11 is 0. The van der Waals surface area contributed by atoms with E-state index in [0.29, 0.717) is 11.1 Å². The smallest absolute Gasteiger partial charge is 0.126 e. The van der Waals surface area contributed by atoms with Crippen molar-refractivity contribution in [2.75, 3.05) is 0 Å². The topological polar surface area (TPSA) is 121 Å². The molecule has 118 valence electrons. The third-order valence-electron chi connectivity index (χ3n) is 3.55. The summed E-state index contributed by atoms with van der Waals surface area (Å²) in [5, 5.41) is 56.9. The maximum Gasteiger partial charge on any atom is 0.126 e. The molecule has 0 aromatic heterocycles. The number of aliphatic hydroxyl groups excluding tert-OH is 4. The quantitative estimate of drug-likeness (QED) is 0.484. The first kappa shape index (κ1) is 16.3. The van der Waals surface area contributed by atoms with Crippen molar-refractivity contribution in [2.45, 2.75) is 26.4 Å². The Bertz CT molecular complexity index is 571. The first-order valence-electron chi connectivity index (χ1n) is 6.69. The van der Waals surface area contributed by atoms with Crippen LogP contribution in [0.1, 0.15) is 22.3 Å². The van der Waals surface area contributed by atoms with Gasteiger partial charge in [-0.1, -0.05) is 0 Å². The Hall–Kier alpha value is -2.12. The van der Waals surface area contributed by atoms with Crippen LogP contribution in [-0.2, 0) is 26.4 Å². The Morgan fingerprint density at radius 2 is 0.727 bits per heavy atom. The zero-order valence-corrected chi connectivity index (χ0v) is 11.8. The number of hydrogen-bond donors (Lipinski definition) is 6. The van der Waals surface area contributed by atoms with Gasteiger partial charge < -0.3 is 30.6 Å². The fraction of sp³-hybridized carbons (Fsp3) is 0.250. The Labute approximate surface area is 127 Å². The second-order valence-electron chi connectivity index (χ2n) is 4.92. The number of hydrogen-bond acceptors (Lipinski definition) is 6. The van der Waals surface area contributed by atoms with E-state index < -0.39 is 26.4 Å². The molecular formula is C16H18O6. The molecule has 0 aliphatic heterocycles. The van der Waals surface area contributed by atoms with Crippen LogP contribution in [0.2, 0.25) is 0 Å². The summed E-state index contributed by atoms with van der Waals surface area (Å²) < 4.78 is 0. The average Bonchev–Trinajstić information content (AvgIpc) is 2.55. The van der Waals surface area contributed by atoms with E-state index >= 15 is 0 Å². The summed E-state index contributed by atoms with van der Waals surface area (Å²) in [6.45, 7) is -1.59. The van der Waals surface area contributed by atoms with Gasteiger partial charge in [-0.2, -0.15) is 0 Å². The molecule has 0 heterocycles. The predicted molar refractivity (Wildman–Crippen MR) is 78.9 cm³/mol. The van der Waals surface area contributed by atoms with Gasteiger partial charge in [0.25, 0.3) is 0 Å². The minimum atomic E-state index is -0.398. The molecule has 2 aromatic rings. The van der Waals surface area contributed by atoms with Crippen molar-refractivity contribution in [2.24, 2.45) is 0 Å². The van der Waals surface area contributed by atoms with E-state index in [2.05, 4.69) is 0 Å². The van der Waals surface area contributed by atoms with E-state index in [1.165, 1.54) is 0 Å². The molecule has 0 aliphatic carbocycles. The molecule has 2 rings (SSSR count). The molecule has 6 heteroatoms. The molecule has 0 spiro atoms. The van der Waals surface area contributed by atoms with Gasteiger partial charge in [-0.3, -0.25) is 0 Å². The molecule has 6 N–H and O–H groups in total. The van der Waals surface area contributed by atoms with Crippen LogP contribution in [0.4, 0.5) is 0 Å². The van der Waals surface area contributed by atoms with Crippen LogP contribution in [0.5, 0.6) is 11.5 Å². The minimum Gasteiger partial charge on any atom is -0.507 e. The highest BCUT2D eigenvalue weighted by molar-refractivity contribution is 5.70. The van der Waals surface area contributed by atoms with Crippen LogP contribution < -0.4 is 0 Å². The Kier molecular flexibility index (Phi) is 4.99. The SMILES string of the molecule is OCc1cc(-c2cc(CO)c(O)c(CO)c2)cc(CO)c1O. The van der Waals surface area contributed by atoms with Crippen molar-refractivity contribution in [3.63, 3.8) is 0 Å². The molecule has 6 nitrogen and oxygen atoms in total. The largest absolute Gasteiger partial charge is 0.507 e. The summed E-state index contributed by atoms with van der Waals surface area (Å²) in [6.07, 6.45) is 0. The summed E-state index contributed by atoms with van der Waals surface area (Å²) in [6, 6.07) is 6.18. The van der Waals surface area contributed by atoms with E-state index in [0.717, 1.165) is 0 Å². The molecule has 0 unspecified atom stereocenters. The molecule has 0 saturated carbocycles. The van der Waals surface area contributed by atoms with Crippen molar-refractivity contribution in [3.8, 4) is 22.6 Å². The lowest BCUT2D eigenvalue weighted by molar-refractivity contribution is 0.263. The monoisotopic (exact) mass is 306 g/mol. The third kappa shape index (κ3) is 2.90. The Morgan fingerprint density at radius 1 is 0.500 bits per heavy atom. The second kappa shape index (κ2) is 6.76. The van der Waals surface area contributed by atoms with E-state index in [-0.39, 0.29) is 33.8 Å². The molecule has 0 fully saturated rings. The maximum absolute atomic E-state index is 9.87. The fourth-order valence-corrected chi connectivity index (χ4v) is 2.34. The highest BCUT2D eigenvalue weighted by Gasteiger charge is 2.14. The van der Waals surface area contributed by atoms with Gasteiger partial charge >= 0.3 is 0 Å². The molecule has 0 aliphatic rings. The normalized spacial score (nSPS) is 10.9. The van der Waals surface area contributed by atoms with Crippen LogP contribution in [0.3, 0.4) is 0 Å². The molecule has 0 radical (unpaired) electrons. The Balaban J connectivity index is 2.65. The number of benzene rings is 2. The lowest BCUT2D eigenvalue weighted by atomic mass is 9.95. The van der Waals surface area contributed by atoms with Gasteiger partial charge in [0.2, 0.25) is 0 Å². The third-order valence-corrected chi connectivity index (χ3v) is 3.55. The van der Waals surface area contributed by atoms with Gasteiger partial charge in [0, 0.05) is 22.3 Å². The van der Waals surface area contributed by atoms with Crippen LogP contribution in [0, 0.1) is 0 Å². The molecular weight excluding hydrogens is 288 g/mol. The van der Waals surface area contributed by atoms with Gasteiger partial charge in [0.15, 0.2) is 0 Å². The van der Waals surface area contributed by atoms with Crippen molar-refractivity contribution in [1.82, 2.24) is 0 Å². The molecule has 0 saturated heterocycles. The van der Waals surface area contributed by atoms with Gasteiger partial charge in [-0.25, -0.2) is 0 Å². The lowest BCUT2D eigenvalue weighted by Gasteiger charge is -2.14. The van der Waals surface area contributed by atoms with Crippen molar-refractivity contribution in [1.29, 1.82) is 0 Å². The zero-order chi connectivity index (χ0) is 16.3. The number of rotatable bonds is 5. The highest BCUT2D eigenvalue weighted by Crippen LogP contribution is 2.34. The van der Waals surface area contributed by atoms with Crippen molar-refractivity contribution < 1.29 is 30.6 Å².